The summed E-state index contributed by atoms with van der Waals surface area (Å²) < 4.78 is 0. The van der Waals surface area contributed by atoms with Crippen molar-refractivity contribution < 1.29 is 14.7 Å². The fourth-order valence-corrected chi connectivity index (χ4v) is 1.70. The van der Waals surface area contributed by atoms with Crippen LogP contribution >= 0.6 is 0 Å². The number of hydrogen-bond donors (Lipinski definition) is 2. The Morgan fingerprint density at radius 3 is 2.12 bits per heavy atom. The standard InChI is InChI=1S/C13H25NO3/c1-9(2)11(5-6-12(15)16)7-8-14-13(17)10(3)4/h9-11H,5-8H2,1-4H3,(H,14,17)(H,15,16). The summed E-state index contributed by atoms with van der Waals surface area (Å²) in [4.78, 5) is 21.9. The Hall–Kier alpha value is -1.06. The Labute approximate surface area is 104 Å². The van der Waals surface area contributed by atoms with E-state index in [2.05, 4.69) is 19.2 Å². The molecule has 1 amide bonds. The average Bonchev–Trinajstić information content (AvgIpc) is 2.21. The third kappa shape index (κ3) is 7.77. The summed E-state index contributed by atoms with van der Waals surface area (Å²) in [6.07, 6.45) is 1.74. The molecule has 0 radical (unpaired) electrons. The van der Waals surface area contributed by atoms with Crippen molar-refractivity contribution in [2.75, 3.05) is 6.54 Å². The highest BCUT2D eigenvalue weighted by Gasteiger charge is 2.15. The van der Waals surface area contributed by atoms with Crippen molar-refractivity contribution in [3.05, 3.63) is 0 Å². The molecule has 0 aromatic carbocycles. The minimum absolute atomic E-state index is 0.00604. The molecule has 0 aromatic rings. The summed E-state index contributed by atoms with van der Waals surface area (Å²) in [6, 6.07) is 0. The van der Waals surface area contributed by atoms with Crippen LogP contribution in [0.25, 0.3) is 0 Å². The molecule has 17 heavy (non-hydrogen) atoms. The molecule has 1 unspecified atom stereocenters. The zero-order chi connectivity index (χ0) is 13.4. The quantitative estimate of drug-likeness (QED) is 0.687. The fraction of sp³-hybridized carbons (Fsp3) is 0.846. The molecule has 2 N–H and O–H groups in total. The third-order valence-corrected chi connectivity index (χ3v) is 3.01. The first kappa shape index (κ1) is 15.9. The summed E-state index contributed by atoms with van der Waals surface area (Å²) in [5, 5.41) is 11.5. The van der Waals surface area contributed by atoms with Gasteiger partial charge in [0.05, 0.1) is 0 Å². The van der Waals surface area contributed by atoms with Crippen LogP contribution < -0.4 is 5.32 Å². The number of carboxylic acid groups (broad SMARTS) is 1. The smallest absolute Gasteiger partial charge is 0.303 e. The fourth-order valence-electron chi connectivity index (χ4n) is 1.70. The van der Waals surface area contributed by atoms with E-state index >= 15 is 0 Å². The van der Waals surface area contributed by atoms with E-state index in [0.29, 0.717) is 24.8 Å². The molecule has 0 aliphatic heterocycles. The van der Waals surface area contributed by atoms with Gasteiger partial charge in [0.2, 0.25) is 5.91 Å². The van der Waals surface area contributed by atoms with Crippen LogP contribution in [0.3, 0.4) is 0 Å². The number of carbonyl (C=O) groups is 2. The number of nitrogens with one attached hydrogen (secondary N) is 1. The molecule has 0 saturated heterocycles. The number of amides is 1. The van der Waals surface area contributed by atoms with Gasteiger partial charge >= 0.3 is 5.97 Å². The van der Waals surface area contributed by atoms with E-state index in [-0.39, 0.29) is 18.2 Å². The number of rotatable bonds is 8. The molecule has 4 nitrogen and oxygen atoms in total. The van der Waals surface area contributed by atoms with Crippen LogP contribution in [0.1, 0.15) is 47.0 Å². The van der Waals surface area contributed by atoms with Crippen molar-refractivity contribution >= 4 is 11.9 Å². The molecule has 0 rings (SSSR count). The molecule has 1 atom stereocenters. The third-order valence-electron chi connectivity index (χ3n) is 3.01. The molecule has 0 aliphatic rings. The van der Waals surface area contributed by atoms with Gasteiger partial charge in [-0.1, -0.05) is 27.7 Å². The Morgan fingerprint density at radius 2 is 1.71 bits per heavy atom. The molecule has 100 valence electrons. The van der Waals surface area contributed by atoms with E-state index in [1.807, 2.05) is 13.8 Å². The van der Waals surface area contributed by atoms with Gasteiger partial charge in [0.25, 0.3) is 0 Å². The van der Waals surface area contributed by atoms with Gasteiger partial charge in [0.15, 0.2) is 0 Å². The molecule has 0 aromatic heterocycles. The first-order valence-electron chi connectivity index (χ1n) is 6.34. The molecule has 4 heteroatoms. The van der Waals surface area contributed by atoms with Crippen LogP contribution in [0.15, 0.2) is 0 Å². The van der Waals surface area contributed by atoms with Gasteiger partial charge in [0, 0.05) is 18.9 Å². The van der Waals surface area contributed by atoms with Gasteiger partial charge < -0.3 is 10.4 Å². The van der Waals surface area contributed by atoms with Crippen molar-refractivity contribution in [3.63, 3.8) is 0 Å². The van der Waals surface area contributed by atoms with Crippen LogP contribution in [0, 0.1) is 17.8 Å². The highest BCUT2D eigenvalue weighted by molar-refractivity contribution is 5.77. The monoisotopic (exact) mass is 243 g/mol. The van der Waals surface area contributed by atoms with E-state index < -0.39 is 5.97 Å². The summed E-state index contributed by atoms with van der Waals surface area (Å²) >= 11 is 0. The van der Waals surface area contributed by atoms with Crippen molar-refractivity contribution in [2.24, 2.45) is 17.8 Å². The summed E-state index contributed by atoms with van der Waals surface area (Å²) in [5.74, 6) is 0.128. The molecular weight excluding hydrogens is 218 g/mol. The molecule has 0 aliphatic carbocycles. The van der Waals surface area contributed by atoms with E-state index in [1.54, 1.807) is 0 Å². The van der Waals surface area contributed by atoms with Crippen molar-refractivity contribution in [1.82, 2.24) is 5.32 Å². The van der Waals surface area contributed by atoms with Crippen molar-refractivity contribution in [3.8, 4) is 0 Å². The Kier molecular flexibility index (Phi) is 7.59. The zero-order valence-corrected chi connectivity index (χ0v) is 11.3. The lowest BCUT2D eigenvalue weighted by Gasteiger charge is -2.20. The molecule has 0 spiro atoms. The maximum atomic E-state index is 11.4. The first-order valence-corrected chi connectivity index (χ1v) is 6.34. The zero-order valence-electron chi connectivity index (χ0n) is 11.3. The second kappa shape index (κ2) is 8.09. The van der Waals surface area contributed by atoms with Gasteiger partial charge in [-0.2, -0.15) is 0 Å². The van der Waals surface area contributed by atoms with Crippen LogP contribution in [0.2, 0.25) is 0 Å². The number of carbonyl (C=O) groups excluding carboxylic acids is 1. The maximum Gasteiger partial charge on any atom is 0.303 e. The lowest BCUT2D eigenvalue weighted by atomic mass is 9.88. The minimum atomic E-state index is -0.748. The van der Waals surface area contributed by atoms with E-state index in [1.165, 1.54) is 0 Å². The topological polar surface area (TPSA) is 66.4 Å². The Bertz CT molecular complexity index is 249. The van der Waals surface area contributed by atoms with Gasteiger partial charge in [-0.05, 0) is 24.7 Å². The van der Waals surface area contributed by atoms with Crippen molar-refractivity contribution in [1.29, 1.82) is 0 Å². The van der Waals surface area contributed by atoms with E-state index in [0.717, 1.165) is 6.42 Å². The number of hydrogen-bond acceptors (Lipinski definition) is 2. The minimum Gasteiger partial charge on any atom is -0.481 e. The lowest BCUT2D eigenvalue weighted by molar-refractivity contribution is -0.137. The highest BCUT2D eigenvalue weighted by atomic mass is 16.4. The molecule has 0 heterocycles. The van der Waals surface area contributed by atoms with Gasteiger partial charge in [-0.25, -0.2) is 0 Å². The van der Waals surface area contributed by atoms with Crippen LogP contribution in [-0.2, 0) is 9.59 Å². The SMILES string of the molecule is CC(C)C(=O)NCCC(CCC(=O)O)C(C)C. The van der Waals surface area contributed by atoms with Gasteiger partial charge in [-0.15, -0.1) is 0 Å². The Morgan fingerprint density at radius 1 is 1.12 bits per heavy atom. The van der Waals surface area contributed by atoms with Gasteiger partial charge in [-0.3, -0.25) is 9.59 Å². The predicted molar refractivity (Wildman–Crippen MR) is 67.7 cm³/mol. The largest absolute Gasteiger partial charge is 0.481 e. The second-order valence-electron chi connectivity index (χ2n) is 5.17. The molecular formula is C13H25NO3. The maximum absolute atomic E-state index is 11.4. The van der Waals surface area contributed by atoms with E-state index in [9.17, 15) is 9.59 Å². The molecule has 0 bridgehead atoms. The number of carboxylic acids is 1. The highest BCUT2D eigenvalue weighted by Crippen LogP contribution is 2.20. The van der Waals surface area contributed by atoms with Gasteiger partial charge in [0.1, 0.15) is 0 Å². The second-order valence-corrected chi connectivity index (χ2v) is 5.17. The number of aliphatic carboxylic acids is 1. The Balaban J connectivity index is 3.93. The average molecular weight is 243 g/mol. The van der Waals surface area contributed by atoms with Crippen molar-refractivity contribution in [2.45, 2.75) is 47.0 Å². The normalized spacial score (nSPS) is 12.8. The summed E-state index contributed by atoms with van der Waals surface area (Å²) in [6.45, 7) is 8.55. The summed E-state index contributed by atoms with van der Waals surface area (Å²) in [5.41, 5.74) is 0. The molecule has 0 fully saturated rings. The van der Waals surface area contributed by atoms with Crippen LogP contribution in [0.4, 0.5) is 0 Å². The first-order chi connectivity index (χ1) is 7.84. The summed E-state index contributed by atoms with van der Waals surface area (Å²) in [7, 11) is 0. The predicted octanol–water partition coefficient (Wildman–Crippen LogP) is 2.29. The van der Waals surface area contributed by atoms with Crippen LogP contribution in [-0.4, -0.2) is 23.5 Å². The van der Waals surface area contributed by atoms with Crippen LogP contribution in [0.5, 0.6) is 0 Å². The van der Waals surface area contributed by atoms with E-state index in [4.69, 9.17) is 5.11 Å². The lowest BCUT2D eigenvalue weighted by Crippen LogP contribution is -2.30. The molecule has 0 saturated carbocycles.